The summed E-state index contributed by atoms with van der Waals surface area (Å²) in [6.45, 7) is 0.0382. The summed E-state index contributed by atoms with van der Waals surface area (Å²) >= 11 is 0. The van der Waals surface area contributed by atoms with Crippen molar-refractivity contribution < 1.29 is 22.7 Å². The van der Waals surface area contributed by atoms with Crippen molar-refractivity contribution in [2.75, 3.05) is 19.0 Å². The maximum absolute atomic E-state index is 12.2. The van der Waals surface area contributed by atoms with E-state index in [4.69, 9.17) is 10.5 Å². The topological polar surface area (TPSA) is 64.3 Å². The van der Waals surface area contributed by atoms with Crippen LogP contribution in [0.15, 0.2) is 24.3 Å². The van der Waals surface area contributed by atoms with Gasteiger partial charge < -0.3 is 15.8 Å². The molecule has 0 spiro atoms. The lowest BCUT2D eigenvalue weighted by atomic mass is 10.1. The van der Waals surface area contributed by atoms with Gasteiger partial charge in [0, 0.05) is 19.2 Å². The zero-order valence-corrected chi connectivity index (χ0v) is 11.0. The van der Waals surface area contributed by atoms with E-state index < -0.39 is 24.5 Å². The first-order chi connectivity index (χ1) is 9.33. The number of benzene rings is 1. The van der Waals surface area contributed by atoms with Crippen LogP contribution in [0.2, 0.25) is 0 Å². The van der Waals surface area contributed by atoms with Crippen molar-refractivity contribution in [3.8, 4) is 0 Å². The maximum atomic E-state index is 12.2. The zero-order chi connectivity index (χ0) is 15.2. The SMILES string of the molecule is COCC(N)C(=O)Nc1ccccc1CCC(F)(F)F. The van der Waals surface area contributed by atoms with Crippen LogP contribution in [-0.4, -0.2) is 31.8 Å². The smallest absolute Gasteiger partial charge is 0.383 e. The number of ether oxygens (including phenoxy) is 1. The minimum absolute atomic E-state index is 0.0382. The number of aryl methyl sites for hydroxylation is 1. The van der Waals surface area contributed by atoms with Crippen LogP contribution in [0.3, 0.4) is 0 Å². The zero-order valence-electron chi connectivity index (χ0n) is 11.0. The van der Waals surface area contributed by atoms with Crippen LogP contribution in [0.5, 0.6) is 0 Å². The van der Waals surface area contributed by atoms with Crippen molar-refractivity contribution in [3.05, 3.63) is 29.8 Å². The highest BCUT2D eigenvalue weighted by molar-refractivity contribution is 5.95. The molecule has 0 aliphatic rings. The fourth-order valence-electron chi connectivity index (χ4n) is 1.62. The Morgan fingerprint density at radius 2 is 2.05 bits per heavy atom. The number of rotatable bonds is 6. The minimum Gasteiger partial charge on any atom is -0.383 e. The van der Waals surface area contributed by atoms with E-state index in [1.165, 1.54) is 7.11 Å². The Morgan fingerprint density at radius 3 is 2.65 bits per heavy atom. The summed E-state index contributed by atoms with van der Waals surface area (Å²) in [6.07, 6.45) is -5.37. The van der Waals surface area contributed by atoms with E-state index in [0.29, 0.717) is 11.3 Å². The van der Waals surface area contributed by atoms with Crippen LogP contribution >= 0.6 is 0 Å². The standard InChI is InChI=1S/C13H17F3N2O2/c1-20-8-10(17)12(19)18-11-5-3-2-4-9(11)6-7-13(14,15)16/h2-5,10H,6-8,17H2,1H3,(H,18,19). The van der Waals surface area contributed by atoms with Gasteiger partial charge in [-0.1, -0.05) is 18.2 Å². The molecule has 20 heavy (non-hydrogen) atoms. The van der Waals surface area contributed by atoms with Gasteiger partial charge in [-0.25, -0.2) is 0 Å². The molecule has 0 fully saturated rings. The molecule has 7 heteroatoms. The number of anilines is 1. The second-order valence-electron chi connectivity index (χ2n) is 4.32. The Balaban J connectivity index is 2.72. The van der Waals surface area contributed by atoms with E-state index in [1.807, 2.05) is 0 Å². The quantitative estimate of drug-likeness (QED) is 0.843. The van der Waals surface area contributed by atoms with Gasteiger partial charge in [-0.3, -0.25) is 4.79 Å². The third-order valence-electron chi connectivity index (χ3n) is 2.64. The Kier molecular flexibility index (Phi) is 5.97. The summed E-state index contributed by atoms with van der Waals surface area (Å²) in [5.74, 6) is -0.494. The number of halogens is 3. The largest absolute Gasteiger partial charge is 0.389 e. The van der Waals surface area contributed by atoms with E-state index in [0.717, 1.165) is 0 Å². The molecule has 112 valence electrons. The van der Waals surface area contributed by atoms with Gasteiger partial charge in [-0.2, -0.15) is 13.2 Å². The summed E-state index contributed by atoms with van der Waals surface area (Å²) in [5, 5.41) is 2.52. The Morgan fingerprint density at radius 1 is 1.40 bits per heavy atom. The summed E-state index contributed by atoms with van der Waals surface area (Å²) < 4.78 is 41.5. The maximum Gasteiger partial charge on any atom is 0.389 e. The summed E-state index contributed by atoms with van der Waals surface area (Å²) in [7, 11) is 1.41. The van der Waals surface area contributed by atoms with E-state index in [-0.39, 0.29) is 13.0 Å². The molecule has 0 aliphatic carbocycles. The van der Waals surface area contributed by atoms with Gasteiger partial charge in [0.1, 0.15) is 6.04 Å². The number of carbonyl (C=O) groups excluding carboxylic acids is 1. The molecule has 1 atom stereocenters. The molecule has 3 N–H and O–H groups in total. The molecule has 0 heterocycles. The number of alkyl halides is 3. The number of methoxy groups -OCH3 is 1. The average Bonchev–Trinajstić information content (AvgIpc) is 2.37. The number of nitrogens with two attached hydrogens (primary N) is 1. The lowest BCUT2D eigenvalue weighted by Crippen LogP contribution is -2.39. The lowest BCUT2D eigenvalue weighted by molar-refractivity contribution is -0.133. The van der Waals surface area contributed by atoms with Crippen LogP contribution in [0.1, 0.15) is 12.0 Å². The van der Waals surface area contributed by atoms with Crippen molar-refractivity contribution in [1.29, 1.82) is 0 Å². The first-order valence-electron chi connectivity index (χ1n) is 6.03. The Labute approximate surface area is 115 Å². The molecular weight excluding hydrogens is 273 g/mol. The number of hydrogen-bond donors (Lipinski definition) is 2. The van der Waals surface area contributed by atoms with Gasteiger partial charge in [0.2, 0.25) is 5.91 Å². The lowest BCUT2D eigenvalue weighted by Gasteiger charge is -2.15. The van der Waals surface area contributed by atoms with Crippen molar-refractivity contribution in [3.63, 3.8) is 0 Å². The highest BCUT2D eigenvalue weighted by atomic mass is 19.4. The fourth-order valence-corrected chi connectivity index (χ4v) is 1.62. The predicted molar refractivity (Wildman–Crippen MR) is 69.3 cm³/mol. The second-order valence-corrected chi connectivity index (χ2v) is 4.32. The number of carbonyl (C=O) groups is 1. The molecule has 1 aromatic rings. The van der Waals surface area contributed by atoms with Gasteiger partial charge in [0.05, 0.1) is 6.61 Å². The van der Waals surface area contributed by atoms with Crippen LogP contribution in [0.4, 0.5) is 18.9 Å². The summed E-state index contributed by atoms with van der Waals surface area (Å²) in [5.41, 5.74) is 6.31. The van der Waals surface area contributed by atoms with Gasteiger partial charge in [0.25, 0.3) is 0 Å². The van der Waals surface area contributed by atoms with Crippen molar-refractivity contribution >= 4 is 11.6 Å². The van der Waals surface area contributed by atoms with E-state index in [2.05, 4.69) is 5.32 Å². The molecule has 1 aromatic carbocycles. The van der Waals surface area contributed by atoms with Gasteiger partial charge in [-0.15, -0.1) is 0 Å². The van der Waals surface area contributed by atoms with Gasteiger partial charge in [0.15, 0.2) is 0 Å². The number of nitrogens with one attached hydrogen (secondary N) is 1. The fraction of sp³-hybridized carbons (Fsp3) is 0.462. The molecule has 0 aromatic heterocycles. The number of amides is 1. The summed E-state index contributed by atoms with van der Waals surface area (Å²) in [4.78, 5) is 11.7. The molecule has 0 aliphatic heterocycles. The molecule has 1 rings (SSSR count). The molecule has 0 saturated carbocycles. The predicted octanol–water partition coefficient (Wildman–Crippen LogP) is 2.09. The third-order valence-corrected chi connectivity index (χ3v) is 2.64. The molecule has 0 bridgehead atoms. The molecular formula is C13H17F3N2O2. The highest BCUT2D eigenvalue weighted by Crippen LogP contribution is 2.25. The first-order valence-corrected chi connectivity index (χ1v) is 6.03. The number of para-hydroxylation sites is 1. The minimum atomic E-state index is -4.23. The Hall–Kier alpha value is -1.60. The first kappa shape index (κ1) is 16.5. The molecule has 1 unspecified atom stereocenters. The second kappa shape index (κ2) is 7.25. The normalized spacial score (nSPS) is 13.1. The van der Waals surface area contributed by atoms with Crippen LogP contribution in [-0.2, 0) is 16.0 Å². The van der Waals surface area contributed by atoms with E-state index in [1.54, 1.807) is 24.3 Å². The molecule has 0 radical (unpaired) electrons. The monoisotopic (exact) mass is 290 g/mol. The van der Waals surface area contributed by atoms with Crippen molar-refractivity contribution in [2.45, 2.75) is 25.1 Å². The van der Waals surface area contributed by atoms with Gasteiger partial charge in [-0.05, 0) is 18.1 Å². The van der Waals surface area contributed by atoms with Crippen molar-refractivity contribution in [1.82, 2.24) is 0 Å². The molecule has 0 saturated heterocycles. The third kappa shape index (κ3) is 5.58. The van der Waals surface area contributed by atoms with Crippen LogP contribution < -0.4 is 11.1 Å². The van der Waals surface area contributed by atoms with Crippen LogP contribution in [0, 0.1) is 0 Å². The molecule has 1 amide bonds. The average molecular weight is 290 g/mol. The number of hydrogen-bond acceptors (Lipinski definition) is 3. The van der Waals surface area contributed by atoms with Crippen LogP contribution in [0.25, 0.3) is 0 Å². The van der Waals surface area contributed by atoms with Gasteiger partial charge >= 0.3 is 6.18 Å². The highest BCUT2D eigenvalue weighted by Gasteiger charge is 2.27. The summed E-state index contributed by atoms with van der Waals surface area (Å²) in [6, 6.07) is 5.48. The van der Waals surface area contributed by atoms with E-state index >= 15 is 0 Å². The molecule has 4 nitrogen and oxygen atoms in total. The van der Waals surface area contributed by atoms with E-state index in [9.17, 15) is 18.0 Å². The van der Waals surface area contributed by atoms with Crippen molar-refractivity contribution in [2.24, 2.45) is 5.73 Å². The Bertz CT molecular complexity index is 449.